The van der Waals surface area contributed by atoms with Crippen LogP contribution in [0.3, 0.4) is 0 Å². The van der Waals surface area contributed by atoms with Gasteiger partial charge in [0.1, 0.15) is 11.4 Å². The largest absolute Gasteiger partial charge is 0.455 e. The lowest BCUT2D eigenvalue weighted by Crippen LogP contribution is -2.17. The van der Waals surface area contributed by atoms with Crippen molar-refractivity contribution in [1.82, 2.24) is 9.88 Å². The van der Waals surface area contributed by atoms with Gasteiger partial charge in [-0.2, -0.15) is 0 Å². The number of nitrogens with one attached hydrogen (secondary N) is 2. The summed E-state index contributed by atoms with van der Waals surface area (Å²) >= 11 is 0. The molecule has 0 unspecified atom stereocenters. The van der Waals surface area contributed by atoms with Gasteiger partial charge in [0.15, 0.2) is 5.75 Å². The number of hydrogen-bond acceptors (Lipinski definition) is 5. The number of amides is 1. The van der Waals surface area contributed by atoms with E-state index < -0.39 is 0 Å². The molecule has 0 saturated carbocycles. The molecule has 2 N–H and O–H groups in total. The summed E-state index contributed by atoms with van der Waals surface area (Å²) in [6.07, 6.45) is 2.71. The molecule has 6 nitrogen and oxygen atoms in total. The van der Waals surface area contributed by atoms with Crippen LogP contribution in [0.1, 0.15) is 16.9 Å². The maximum absolute atomic E-state index is 12.6. The Hall–Kier alpha value is -3.38. The van der Waals surface area contributed by atoms with Gasteiger partial charge >= 0.3 is 0 Å². The first-order valence-corrected chi connectivity index (χ1v) is 9.60. The molecular weight excluding hydrogens is 364 g/mol. The summed E-state index contributed by atoms with van der Waals surface area (Å²) < 4.78 is 5.89. The van der Waals surface area contributed by atoms with Gasteiger partial charge in [-0.15, -0.1) is 0 Å². The molecule has 150 valence electrons. The van der Waals surface area contributed by atoms with Crippen LogP contribution < -0.4 is 15.4 Å². The Kier molecular flexibility index (Phi) is 7.19. The maximum atomic E-state index is 12.6. The number of rotatable bonds is 9. The van der Waals surface area contributed by atoms with Crippen LogP contribution in [0.5, 0.6) is 11.5 Å². The smallest absolute Gasteiger partial charge is 0.274 e. The Morgan fingerprint density at radius 3 is 2.48 bits per heavy atom. The first-order valence-electron chi connectivity index (χ1n) is 9.60. The van der Waals surface area contributed by atoms with E-state index in [1.165, 1.54) is 0 Å². The van der Waals surface area contributed by atoms with Crippen molar-refractivity contribution >= 4 is 17.3 Å². The molecule has 0 radical (unpaired) electrons. The van der Waals surface area contributed by atoms with Crippen molar-refractivity contribution in [2.45, 2.75) is 6.42 Å². The Morgan fingerprint density at radius 2 is 1.76 bits per heavy atom. The first kappa shape index (κ1) is 20.4. The summed E-state index contributed by atoms with van der Waals surface area (Å²) in [6.45, 7) is 1.88. The van der Waals surface area contributed by atoms with Crippen molar-refractivity contribution in [3.8, 4) is 11.5 Å². The van der Waals surface area contributed by atoms with E-state index in [1.54, 1.807) is 18.3 Å². The first-order chi connectivity index (χ1) is 14.1. The van der Waals surface area contributed by atoms with E-state index in [-0.39, 0.29) is 5.91 Å². The fourth-order valence-electron chi connectivity index (χ4n) is 2.72. The van der Waals surface area contributed by atoms with Gasteiger partial charge in [0.05, 0.1) is 17.6 Å². The minimum absolute atomic E-state index is 0.284. The highest BCUT2D eigenvalue weighted by molar-refractivity contribution is 6.03. The van der Waals surface area contributed by atoms with E-state index in [0.717, 1.165) is 25.2 Å². The van der Waals surface area contributed by atoms with E-state index in [9.17, 15) is 4.79 Å². The van der Waals surface area contributed by atoms with Crippen LogP contribution in [0.2, 0.25) is 0 Å². The molecule has 0 bridgehead atoms. The lowest BCUT2D eigenvalue weighted by Gasteiger charge is -2.12. The molecule has 0 aliphatic carbocycles. The summed E-state index contributed by atoms with van der Waals surface area (Å²) in [6, 6.07) is 20.4. The third-order valence-corrected chi connectivity index (χ3v) is 4.21. The van der Waals surface area contributed by atoms with Crippen LogP contribution in [0.4, 0.5) is 11.4 Å². The zero-order valence-corrected chi connectivity index (χ0v) is 16.8. The Balaban J connectivity index is 1.60. The number of pyridine rings is 1. The number of para-hydroxylation sites is 3. The van der Waals surface area contributed by atoms with Gasteiger partial charge in [0.25, 0.3) is 5.91 Å². The van der Waals surface area contributed by atoms with Crippen molar-refractivity contribution in [1.29, 1.82) is 0 Å². The van der Waals surface area contributed by atoms with Crippen LogP contribution in [0, 0.1) is 0 Å². The molecule has 1 aromatic heterocycles. The fourth-order valence-corrected chi connectivity index (χ4v) is 2.72. The fraction of sp³-hybridized carbons (Fsp3) is 0.217. The van der Waals surface area contributed by atoms with E-state index in [4.69, 9.17) is 4.74 Å². The Bertz CT molecular complexity index is 912. The molecule has 0 aliphatic rings. The van der Waals surface area contributed by atoms with Crippen molar-refractivity contribution < 1.29 is 9.53 Å². The minimum Gasteiger partial charge on any atom is -0.455 e. The van der Waals surface area contributed by atoms with Gasteiger partial charge in [0.2, 0.25) is 0 Å². The average Bonchev–Trinajstić information content (AvgIpc) is 2.74. The molecule has 6 heteroatoms. The molecule has 1 heterocycles. The molecule has 0 spiro atoms. The molecule has 1 amide bonds. The third-order valence-electron chi connectivity index (χ3n) is 4.21. The molecule has 0 fully saturated rings. The predicted molar refractivity (Wildman–Crippen MR) is 117 cm³/mol. The third kappa shape index (κ3) is 6.33. The van der Waals surface area contributed by atoms with Gasteiger partial charge in [-0.25, -0.2) is 4.98 Å². The second-order valence-electron chi connectivity index (χ2n) is 6.88. The number of carbonyl (C=O) groups excluding carboxylic acids is 1. The molecule has 0 atom stereocenters. The lowest BCUT2D eigenvalue weighted by molar-refractivity contribution is 0.102. The van der Waals surface area contributed by atoms with E-state index in [1.807, 2.05) is 54.6 Å². The van der Waals surface area contributed by atoms with Crippen molar-refractivity contribution in [2.75, 3.05) is 37.8 Å². The highest BCUT2D eigenvalue weighted by atomic mass is 16.5. The van der Waals surface area contributed by atoms with E-state index in [0.29, 0.717) is 22.9 Å². The van der Waals surface area contributed by atoms with Gasteiger partial charge in [-0.05, 0) is 63.5 Å². The number of carbonyl (C=O) groups is 1. The number of hydrogen-bond donors (Lipinski definition) is 2. The molecule has 0 aliphatic heterocycles. The zero-order chi connectivity index (χ0) is 20.5. The summed E-state index contributed by atoms with van der Waals surface area (Å²) in [5.41, 5.74) is 1.83. The van der Waals surface area contributed by atoms with Crippen molar-refractivity contribution in [3.05, 3.63) is 78.6 Å². The Labute approximate surface area is 171 Å². The topological polar surface area (TPSA) is 66.5 Å². The van der Waals surface area contributed by atoms with Gasteiger partial charge < -0.3 is 20.3 Å². The van der Waals surface area contributed by atoms with Crippen LogP contribution in [-0.4, -0.2) is 43.0 Å². The van der Waals surface area contributed by atoms with Crippen molar-refractivity contribution in [2.24, 2.45) is 0 Å². The minimum atomic E-state index is -0.284. The Morgan fingerprint density at radius 1 is 1.00 bits per heavy atom. The highest BCUT2D eigenvalue weighted by Gasteiger charge is 2.11. The summed E-state index contributed by atoms with van der Waals surface area (Å²) in [5.74, 6) is 0.997. The quantitative estimate of drug-likeness (QED) is 0.527. The average molecular weight is 390 g/mol. The highest BCUT2D eigenvalue weighted by Crippen LogP contribution is 2.29. The molecule has 2 aromatic carbocycles. The molecular formula is C23H26N4O2. The zero-order valence-electron chi connectivity index (χ0n) is 16.8. The number of nitrogens with zero attached hydrogens (tertiary/aromatic N) is 2. The SMILES string of the molecule is CN(C)CCCNc1ccc(C(=O)Nc2ccccc2Oc2ccccc2)nc1. The second kappa shape index (κ2) is 10.2. The van der Waals surface area contributed by atoms with Crippen LogP contribution >= 0.6 is 0 Å². The predicted octanol–water partition coefficient (Wildman–Crippen LogP) is 4.49. The van der Waals surface area contributed by atoms with Gasteiger partial charge in [-0.1, -0.05) is 30.3 Å². The summed E-state index contributed by atoms with van der Waals surface area (Å²) in [7, 11) is 4.11. The van der Waals surface area contributed by atoms with E-state index in [2.05, 4.69) is 34.6 Å². The molecule has 3 rings (SSSR count). The maximum Gasteiger partial charge on any atom is 0.274 e. The molecule has 3 aromatic rings. The second-order valence-corrected chi connectivity index (χ2v) is 6.88. The van der Waals surface area contributed by atoms with Crippen LogP contribution in [0.25, 0.3) is 0 Å². The number of ether oxygens (including phenoxy) is 1. The van der Waals surface area contributed by atoms with Gasteiger partial charge in [0, 0.05) is 6.54 Å². The number of anilines is 2. The van der Waals surface area contributed by atoms with Crippen molar-refractivity contribution in [3.63, 3.8) is 0 Å². The number of aromatic nitrogens is 1. The monoisotopic (exact) mass is 390 g/mol. The summed E-state index contributed by atoms with van der Waals surface area (Å²) in [5, 5.41) is 6.19. The van der Waals surface area contributed by atoms with Crippen LogP contribution in [0.15, 0.2) is 72.9 Å². The normalized spacial score (nSPS) is 10.6. The van der Waals surface area contributed by atoms with Gasteiger partial charge in [-0.3, -0.25) is 4.79 Å². The summed E-state index contributed by atoms with van der Waals surface area (Å²) in [4.78, 5) is 19.0. The lowest BCUT2D eigenvalue weighted by atomic mass is 10.2. The standard InChI is InChI=1S/C23H26N4O2/c1-27(2)16-8-15-24-18-13-14-21(25-17-18)23(28)26-20-11-6-7-12-22(20)29-19-9-4-3-5-10-19/h3-7,9-14,17,24H,8,15-16H2,1-2H3,(H,26,28). The molecule has 0 saturated heterocycles. The number of benzene rings is 2. The molecule has 29 heavy (non-hydrogen) atoms. The van der Waals surface area contributed by atoms with E-state index >= 15 is 0 Å². The van der Waals surface area contributed by atoms with Crippen LogP contribution in [-0.2, 0) is 0 Å².